The minimum Gasteiger partial charge on any atom is -0.388 e. The van der Waals surface area contributed by atoms with Crippen LogP contribution in [0.15, 0.2) is 41.0 Å². The molecule has 1 aromatic heterocycles. The van der Waals surface area contributed by atoms with Gasteiger partial charge < -0.3 is 11.1 Å². The minimum absolute atomic E-state index is 0.305. The monoisotopic (exact) mass is 321 g/mol. The van der Waals surface area contributed by atoms with Crippen LogP contribution in [-0.4, -0.2) is 9.97 Å². The van der Waals surface area contributed by atoms with Gasteiger partial charge in [-0.3, -0.25) is 4.98 Å². The Kier molecular flexibility index (Phi) is 3.93. The molecule has 2 rings (SSSR count). The van der Waals surface area contributed by atoms with Crippen LogP contribution in [0.2, 0.25) is 0 Å². The maximum Gasteiger partial charge on any atom is 0.122 e. The molecule has 1 heterocycles. The van der Waals surface area contributed by atoms with Crippen LogP contribution in [0.25, 0.3) is 0 Å². The van der Waals surface area contributed by atoms with Crippen LogP contribution in [0, 0.1) is 6.92 Å². The molecule has 0 bridgehead atoms. The SMILES string of the molecule is Cc1ccc(Nc2ccc(C(N)=S)nc2)cc1Br. The summed E-state index contributed by atoms with van der Waals surface area (Å²) in [4.78, 5) is 4.48. The number of thiocarbonyl (C=S) groups is 1. The van der Waals surface area contributed by atoms with E-state index < -0.39 is 0 Å². The molecule has 0 aliphatic heterocycles. The van der Waals surface area contributed by atoms with Gasteiger partial charge in [0.05, 0.1) is 17.6 Å². The molecule has 0 unspecified atom stereocenters. The highest BCUT2D eigenvalue weighted by atomic mass is 79.9. The number of nitrogens with two attached hydrogens (primary N) is 1. The smallest absolute Gasteiger partial charge is 0.122 e. The largest absolute Gasteiger partial charge is 0.388 e. The topological polar surface area (TPSA) is 50.9 Å². The van der Waals surface area contributed by atoms with Crippen LogP contribution in [0.5, 0.6) is 0 Å². The Balaban J connectivity index is 2.18. The van der Waals surface area contributed by atoms with Gasteiger partial charge in [0.1, 0.15) is 4.99 Å². The van der Waals surface area contributed by atoms with E-state index in [1.807, 2.05) is 31.2 Å². The predicted octanol–water partition coefficient (Wildman–Crippen LogP) is 3.53. The molecule has 0 amide bonds. The molecule has 3 N–H and O–H groups in total. The number of benzene rings is 1. The second kappa shape index (κ2) is 5.46. The highest BCUT2D eigenvalue weighted by Crippen LogP contribution is 2.23. The summed E-state index contributed by atoms with van der Waals surface area (Å²) < 4.78 is 1.07. The Bertz CT molecular complexity index is 581. The second-order valence-electron chi connectivity index (χ2n) is 3.89. The summed E-state index contributed by atoms with van der Waals surface area (Å²) in [6.45, 7) is 2.05. The number of hydrogen-bond acceptors (Lipinski definition) is 3. The van der Waals surface area contributed by atoms with Crippen molar-refractivity contribution in [2.45, 2.75) is 6.92 Å². The number of rotatable bonds is 3. The van der Waals surface area contributed by atoms with Crippen molar-refractivity contribution in [2.75, 3.05) is 5.32 Å². The van der Waals surface area contributed by atoms with Crippen LogP contribution >= 0.6 is 28.1 Å². The summed E-state index contributed by atoms with van der Waals surface area (Å²) in [5.41, 5.74) is 9.21. The maximum atomic E-state index is 5.50. The first kappa shape index (κ1) is 13.0. The van der Waals surface area contributed by atoms with Crippen LogP contribution in [0.1, 0.15) is 11.3 Å². The van der Waals surface area contributed by atoms with E-state index in [1.165, 1.54) is 5.56 Å². The quantitative estimate of drug-likeness (QED) is 0.849. The zero-order chi connectivity index (χ0) is 13.1. The summed E-state index contributed by atoms with van der Waals surface area (Å²) in [7, 11) is 0. The van der Waals surface area contributed by atoms with Gasteiger partial charge in [0.15, 0.2) is 0 Å². The molecule has 5 heteroatoms. The van der Waals surface area contributed by atoms with Crippen molar-refractivity contribution in [1.29, 1.82) is 0 Å². The lowest BCUT2D eigenvalue weighted by molar-refractivity contribution is 1.29. The number of halogens is 1. The number of anilines is 2. The number of hydrogen-bond donors (Lipinski definition) is 2. The Morgan fingerprint density at radius 2 is 2.00 bits per heavy atom. The fourth-order valence-corrected chi connectivity index (χ4v) is 1.95. The Hall–Kier alpha value is -1.46. The number of nitrogens with one attached hydrogen (secondary N) is 1. The molecule has 18 heavy (non-hydrogen) atoms. The molecule has 0 saturated carbocycles. The first-order chi connectivity index (χ1) is 8.56. The van der Waals surface area contributed by atoms with Gasteiger partial charge in [-0.2, -0.15) is 0 Å². The summed E-state index contributed by atoms with van der Waals surface area (Å²) in [6, 6.07) is 9.78. The van der Waals surface area contributed by atoms with Gasteiger partial charge in [-0.15, -0.1) is 0 Å². The third-order valence-corrected chi connectivity index (χ3v) is 3.54. The summed E-state index contributed by atoms with van der Waals surface area (Å²) >= 11 is 8.36. The van der Waals surface area contributed by atoms with Gasteiger partial charge in [0.2, 0.25) is 0 Å². The molecule has 0 aliphatic carbocycles. The third-order valence-electron chi connectivity index (χ3n) is 2.48. The zero-order valence-electron chi connectivity index (χ0n) is 9.77. The van der Waals surface area contributed by atoms with Crippen molar-refractivity contribution in [3.8, 4) is 0 Å². The summed E-state index contributed by atoms with van der Waals surface area (Å²) in [5.74, 6) is 0. The van der Waals surface area contributed by atoms with E-state index in [9.17, 15) is 0 Å². The van der Waals surface area contributed by atoms with Gasteiger partial charge in [-0.25, -0.2) is 0 Å². The van der Waals surface area contributed by atoms with Crippen LogP contribution in [0.4, 0.5) is 11.4 Å². The van der Waals surface area contributed by atoms with Crippen LogP contribution < -0.4 is 11.1 Å². The minimum atomic E-state index is 0.305. The van der Waals surface area contributed by atoms with E-state index >= 15 is 0 Å². The van der Waals surface area contributed by atoms with Crippen LogP contribution in [-0.2, 0) is 0 Å². The molecule has 2 aromatic rings. The average molecular weight is 322 g/mol. The average Bonchev–Trinajstić information content (AvgIpc) is 2.34. The maximum absolute atomic E-state index is 5.50. The van der Waals surface area contributed by atoms with Crippen molar-refractivity contribution in [3.63, 3.8) is 0 Å². The molecule has 0 fully saturated rings. The van der Waals surface area contributed by atoms with Crippen molar-refractivity contribution in [3.05, 3.63) is 52.3 Å². The van der Waals surface area contributed by atoms with Gasteiger partial charge >= 0.3 is 0 Å². The Labute approximate surface area is 120 Å². The highest BCUT2D eigenvalue weighted by molar-refractivity contribution is 9.10. The van der Waals surface area contributed by atoms with E-state index in [0.717, 1.165) is 15.8 Å². The van der Waals surface area contributed by atoms with Gasteiger partial charge in [-0.1, -0.05) is 34.2 Å². The first-order valence-electron chi connectivity index (χ1n) is 5.35. The first-order valence-corrected chi connectivity index (χ1v) is 6.55. The Morgan fingerprint density at radius 3 is 2.56 bits per heavy atom. The lowest BCUT2D eigenvalue weighted by Gasteiger charge is -2.08. The number of nitrogens with zero attached hydrogens (tertiary/aromatic N) is 1. The van der Waals surface area contributed by atoms with Crippen molar-refractivity contribution in [1.82, 2.24) is 4.98 Å². The zero-order valence-corrected chi connectivity index (χ0v) is 12.2. The predicted molar refractivity (Wildman–Crippen MR) is 82.3 cm³/mol. The van der Waals surface area contributed by atoms with E-state index in [-0.39, 0.29) is 0 Å². The van der Waals surface area contributed by atoms with Gasteiger partial charge in [-0.05, 0) is 36.8 Å². The third kappa shape index (κ3) is 3.05. The molecular weight excluding hydrogens is 310 g/mol. The summed E-state index contributed by atoms with van der Waals surface area (Å²) in [5, 5.41) is 3.26. The molecule has 0 saturated heterocycles. The van der Waals surface area contributed by atoms with Gasteiger partial charge in [0, 0.05) is 10.2 Å². The molecule has 1 aromatic carbocycles. The molecule has 0 atom stereocenters. The van der Waals surface area contributed by atoms with E-state index in [2.05, 4.69) is 26.2 Å². The molecule has 92 valence electrons. The normalized spacial score (nSPS) is 10.1. The van der Waals surface area contributed by atoms with E-state index in [4.69, 9.17) is 18.0 Å². The van der Waals surface area contributed by atoms with Crippen molar-refractivity contribution < 1.29 is 0 Å². The molecule has 0 radical (unpaired) electrons. The number of aryl methyl sites for hydroxylation is 1. The lowest BCUT2D eigenvalue weighted by Crippen LogP contribution is -2.11. The van der Waals surface area contributed by atoms with E-state index in [0.29, 0.717) is 10.7 Å². The molecule has 0 aliphatic rings. The molecule has 0 spiro atoms. The number of pyridine rings is 1. The standard InChI is InChI=1S/C13H12BrN3S/c1-8-2-3-9(6-11(8)14)17-10-4-5-12(13(15)18)16-7-10/h2-7,17H,1H3,(H2,15,18). The molecular formula is C13H12BrN3S. The van der Waals surface area contributed by atoms with Crippen molar-refractivity contribution in [2.24, 2.45) is 5.73 Å². The fourth-order valence-electron chi connectivity index (χ4n) is 1.45. The summed E-state index contributed by atoms with van der Waals surface area (Å²) in [6.07, 6.45) is 1.71. The van der Waals surface area contributed by atoms with Gasteiger partial charge in [0.25, 0.3) is 0 Å². The fraction of sp³-hybridized carbons (Fsp3) is 0.0769. The highest BCUT2D eigenvalue weighted by Gasteiger charge is 2.00. The Morgan fingerprint density at radius 1 is 1.28 bits per heavy atom. The molecule has 3 nitrogen and oxygen atoms in total. The number of aromatic nitrogens is 1. The second-order valence-corrected chi connectivity index (χ2v) is 5.18. The lowest BCUT2D eigenvalue weighted by atomic mass is 10.2. The van der Waals surface area contributed by atoms with Crippen LogP contribution in [0.3, 0.4) is 0 Å². The van der Waals surface area contributed by atoms with Crippen molar-refractivity contribution >= 4 is 44.5 Å². The van der Waals surface area contributed by atoms with E-state index in [1.54, 1.807) is 12.3 Å².